The molecule has 0 unspecified atom stereocenters. The molecule has 3 aromatic rings. The third kappa shape index (κ3) is 8.43. The first-order valence-electron chi connectivity index (χ1n) is 12.8. The Hall–Kier alpha value is -2.64. The molecule has 1 heterocycles. The molecule has 0 amide bonds. The maximum atomic E-state index is 12.1. The first kappa shape index (κ1) is 28.4. The van der Waals surface area contributed by atoms with Crippen molar-refractivity contribution in [3.8, 4) is 0 Å². The van der Waals surface area contributed by atoms with Crippen molar-refractivity contribution < 1.29 is 32.8 Å². The molecule has 0 aliphatic carbocycles. The molecule has 1 fully saturated rings. The zero-order valence-electron chi connectivity index (χ0n) is 21.8. The number of carbonyl (C=O) groups excluding carboxylic acids is 1. The molecule has 1 aliphatic rings. The molecule has 0 bridgehead atoms. The molecular weight excluding hydrogens is 503 g/mol. The largest absolute Gasteiger partial charge is 0.450 e. The van der Waals surface area contributed by atoms with Gasteiger partial charge in [0.05, 0.1) is 33.0 Å². The lowest BCUT2D eigenvalue weighted by Gasteiger charge is -2.44. The van der Waals surface area contributed by atoms with Crippen LogP contribution in [-0.4, -0.2) is 43.3 Å². The summed E-state index contributed by atoms with van der Waals surface area (Å²) in [6.45, 7) is 5.02. The summed E-state index contributed by atoms with van der Waals surface area (Å²) < 4.78 is 37.1. The molecule has 1 saturated heterocycles. The Balaban J connectivity index is 1.58. The van der Waals surface area contributed by atoms with Gasteiger partial charge in [-0.2, -0.15) is 0 Å². The van der Waals surface area contributed by atoms with Gasteiger partial charge in [-0.1, -0.05) is 91.0 Å². The zero-order chi connectivity index (χ0) is 26.6. The Kier molecular flexibility index (Phi) is 11.3. The van der Waals surface area contributed by atoms with E-state index in [2.05, 4.69) is 0 Å². The van der Waals surface area contributed by atoms with Gasteiger partial charge in [-0.25, -0.2) is 0 Å². The number of benzene rings is 3. The van der Waals surface area contributed by atoms with Crippen LogP contribution in [0.4, 0.5) is 0 Å². The molecule has 8 heteroatoms. The average molecular weight is 539 g/mol. The molecule has 4 rings (SSSR count). The Labute approximate surface area is 225 Å². The quantitative estimate of drug-likeness (QED) is 0.195. The molecule has 0 N–H and O–H groups in total. The van der Waals surface area contributed by atoms with Crippen molar-refractivity contribution in [3.63, 3.8) is 0 Å². The highest BCUT2D eigenvalue weighted by molar-refractivity contribution is 7.48. The van der Waals surface area contributed by atoms with Gasteiger partial charge in [0.15, 0.2) is 5.85 Å². The highest BCUT2D eigenvalue weighted by atomic mass is 31.2. The second kappa shape index (κ2) is 15.1. The van der Waals surface area contributed by atoms with Crippen molar-refractivity contribution in [3.05, 3.63) is 108 Å². The number of carbonyl (C=O) groups is 1. The summed E-state index contributed by atoms with van der Waals surface area (Å²) in [5, 5.41) is 0. The number of rotatable bonds is 13. The van der Waals surface area contributed by atoms with Gasteiger partial charge in [-0.3, -0.25) is 4.79 Å². The third-order valence-electron chi connectivity index (χ3n) is 5.93. The Morgan fingerprint density at radius 1 is 0.763 bits per heavy atom. The van der Waals surface area contributed by atoms with Gasteiger partial charge in [-0.05, 0) is 23.6 Å². The summed E-state index contributed by atoms with van der Waals surface area (Å²) in [7, 11) is -1.62. The summed E-state index contributed by atoms with van der Waals surface area (Å²) in [4.78, 5) is 12.1. The van der Waals surface area contributed by atoms with E-state index in [-0.39, 0.29) is 6.61 Å². The van der Waals surface area contributed by atoms with Crippen LogP contribution >= 0.6 is 8.38 Å². The SMILES string of the molecule is CCO[P@@]1O[C@H](COCc2ccccc2)[C@@H](OCc2ccccc2)[C@H](OCc2ccccc2)[C@H]1OC(C)=O. The summed E-state index contributed by atoms with van der Waals surface area (Å²) in [5.74, 6) is -1.18. The van der Waals surface area contributed by atoms with Crippen molar-refractivity contribution >= 4 is 14.3 Å². The maximum Gasteiger partial charge on any atom is 0.303 e. The van der Waals surface area contributed by atoms with E-state index in [0.717, 1.165) is 16.7 Å². The van der Waals surface area contributed by atoms with E-state index < -0.39 is 38.5 Å². The fraction of sp³-hybridized carbons (Fsp3) is 0.367. The minimum Gasteiger partial charge on any atom is -0.450 e. The van der Waals surface area contributed by atoms with Crippen LogP contribution in [0.25, 0.3) is 0 Å². The van der Waals surface area contributed by atoms with E-state index >= 15 is 0 Å². The van der Waals surface area contributed by atoms with Gasteiger partial charge in [0, 0.05) is 6.92 Å². The van der Waals surface area contributed by atoms with Crippen LogP contribution in [0, 0.1) is 0 Å². The molecule has 38 heavy (non-hydrogen) atoms. The van der Waals surface area contributed by atoms with Crippen LogP contribution in [0.5, 0.6) is 0 Å². The molecule has 3 aromatic carbocycles. The number of hydrogen-bond acceptors (Lipinski definition) is 7. The van der Waals surface area contributed by atoms with Crippen LogP contribution < -0.4 is 0 Å². The van der Waals surface area contributed by atoms with Gasteiger partial charge in [-0.15, -0.1) is 0 Å². The lowest BCUT2D eigenvalue weighted by atomic mass is 10.1. The van der Waals surface area contributed by atoms with Crippen LogP contribution in [0.1, 0.15) is 30.5 Å². The van der Waals surface area contributed by atoms with E-state index in [4.69, 9.17) is 28.0 Å². The zero-order valence-corrected chi connectivity index (χ0v) is 22.7. The predicted molar refractivity (Wildman–Crippen MR) is 145 cm³/mol. The van der Waals surface area contributed by atoms with Gasteiger partial charge < -0.3 is 28.0 Å². The summed E-state index contributed by atoms with van der Waals surface area (Å²) in [6.07, 6.45) is -1.69. The third-order valence-corrected chi connectivity index (χ3v) is 7.73. The standard InChI is InChI=1S/C30H35O7P/c1-3-35-38-30(36-23(2)31)29(34-21-26-17-11-6-12-18-26)28(33-20-25-15-9-5-10-16-25)27(37-38)22-32-19-24-13-7-4-8-14-24/h4-18,27-30H,3,19-22H2,1-2H3/t27-,28-,29+,30+,38+/m1/s1. The summed E-state index contributed by atoms with van der Waals surface area (Å²) >= 11 is 0. The minimum atomic E-state index is -1.62. The molecule has 7 nitrogen and oxygen atoms in total. The highest BCUT2D eigenvalue weighted by Crippen LogP contribution is 2.53. The topological polar surface area (TPSA) is 72.5 Å². The molecule has 0 aromatic heterocycles. The lowest BCUT2D eigenvalue weighted by molar-refractivity contribution is -0.189. The van der Waals surface area contributed by atoms with Crippen LogP contribution in [0.2, 0.25) is 0 Å². The van der Waals surface area contributed by atoms with E-state index in [1.54, 1.807) is 0 Å². The van der Waals surface area contributed by atoms with Crippen molar-refractivity contribution in [1.29, 1.82) is 0 Å². The van der Waals surface area contributed by atoms with Crippen LogP contribution in [0.15, 0.2) is 91.0 Å². The average Bonchev–Trinajstić information content (AvgIpc) is 2.94. The normalized spacial score (nSPS) is 23.2. The monoisotopic (exact) mass is 538 g/mol. The van der Waals surface area contributed by atoms with E-state index in [9.17, 15) is 4.79 Å². The molecule has 1 aliphatic heterocycles. The van der Waals surface area contributed by atoms with Gasteiger partial charge >= 0.3 is 5.97 Å². The second-order valence-corrected chi connectivity index (χ2v) is 10.4. The van der Waals surface area contributed by atoms with E-state index in [0.29, 0.717) is 26.4 Å². The lowest BCUT2D eigenvalue weighted by Crippen LogP contribution is -2.54. The van der Waals surface area contributed by atoms with Crippen LogP contribution in [-0.2, 0) is 52.6 Å². The van der Waals surface area contributed by atoms with Crippen molar-refractivity contribution in [1.82, 2.24) is 0 Å². The predicted octanol–water partition coefficient (Wildman–Crippen LogP) is 6.01. The van der Waals surface area contributed by atoms with Gasteiger partial charge in [0.1, 0.15) is 18.3 Å². The first-order chi connectivity index (χ1) is 18.6. The molecule has 0 radical (unpaired) electrons. The molecule has 5 atom stereocenters. The van der Waals surface area contributed by atoms with E-state index in [1.807, 2.05) is 97.9 Å². The second-order valence-electron chi connectivity index (χ2n) is 8.87. The number of ether oxygens (including phenoxy) is 4. The Morgan fingerprint density at radius 3 is 1.76 bits per heavy atom. The fourth-order valence-corrected chi connectivity index (χ4v) is 5.92. The molecule has 202 valence electrons. The van der Waals surface area contributed by atoms with Crippen molar-refractivity contribution in [2.24, 2.45) is 0 Å². The van der Waals surface area contributed by atoms with Gasteiger partial charge in [0.2, 0.25) is 8.38 Å². The number of esters is 1. The molecular formula is C30H35O7P. The molecule has 0 spiro atoms. The highest BCUT2D eigenvalue weighted by Gasteiger charge is 2.51. The first-order valence-corrected chi connectivity index (χ1v) is 14.1. The van der Waals surface area contributed by atoms with E-state index in [1.165, 1.54) is 6.92 Å². The number of hydrogen-bond donors (Lipinski definition) is 0. The minimum absolute atomic E-state index is 0.262. The fourth-order valence-electron chi connectivity index (χ4n) is 4.16. The Morgan fingerprint density at radius 2 is 1.26 bits per heavy atom. The Bertz CT molecular complexity index is 1080. The van der Waals surface area contributed by atoms with Crippen LogP contribution in [0.3, 0.4) is 0 Å². The smallest absolute Gasteiger partial charge is 0.303 e. The van der Waals surface area contributed by atoms with Crippen molar-refractivity contribution in [2.45, 2.75) is 57.8 Å². The maximum absolute atomic E-state index is 12.1. The van der Waals surface area contributed by atoms with Crippen molar-refractivity contribution in [2.75, 3.05) is 13.2 Å². The summed E-state index contributed by atoms with van der Waals surface area (Å²) in [6, 6.07) is 29.7. The van der Waals surface area contributed by atoms with Gasteiger partial charge in [0.25, 0.3) is 0 Å². The molecule has 0 saturated carbocycles. The summed E-state index contributed by atoms with van der Waals surface area (Å²) in [5.41, 5.74) is 3.08.